The van der Waals surface area contributed by atoms with Gasteiger partial charge in [0.25, 0.3) is 0 Å². The van der Waals surface area contributed by atoms with Crippen molar-refractivity contribution in [3.8, 4) is 0 Å². The molecule has 1 heterocycles. The van der Waals surface area contributed by atoms with Gasteiger partial charge >= 0.3 is 5.97 Å². The Kier molecular flexibility index (Phi) is 6.34. The van der Waals surface area contributed by atoms with E-state index in [1.165, 1.54) is 7.11 Å². The van der Waals surface area contributed by atoms with Crippen LogP contribution >= 0.6 is 12.4 Å². The van der Waals surface area contributed by atoms with E-state index in [4.69, 9.17) is 10.5 Å². The molecule has 1 aromatic carbocycles. The first-order valence-corrected chi connectivity index (χ1v) is 6.82. The highest BCUT2D eigenvalue weighted by molar-refractivity contribution is 5.89. The molecular weight excluding hydrogens is 308 g/mol. The van der Waals surface area contributed by atoms with Crippen molar-refractivity contribution < 1.29 is 19.1 Å². The third-order valence-corrected chi connectivity index (χ3v) is 3.68. The van der Waals surface area contributed by atoms with Crippen LogP contribution in [0, 0.1) is 0 Å². The van der Waals surface area contributed by atoms with Crippen LogP contribution in [0.1, 0.15) is 35.3 Å². The maximum absolute atomic E-state index is 12.2. The van der Waals surface area contributed by atoms with Crippen LogP contribution < -0.4 is 11.1 Å². The normalized spacial score (nSPS) is 21.6. The minimum absolute atomic E-state index is 0. The number of nitrogens with one attached hydrogen (secondary N) is 1. The van der Waals surface area contributed by atoms with Gasteiger partial charge in [-0.05, 0) is 31.0 Å². The Hall–Kier alpha value is -1.63. The number of hydrogen-bond donors (Lipinski definition) is 2. The molecule has 0 saturated carbocycles. The van der Waals surface area contributed by atoms with Gasteiger partial charge in [0.05, 0.1) is 25.3 Å². The molecule has 0 bridgehead atoms. The molecule has 7 heteroatoms. The first-order chi connectivity index (χ1) is 9.96. The number of methoxy groups -OCH3 is 1. The van der Waals surface area contributed by atoms with Gasteiger partial charge in [-0.1, -0.05) is 12.1 Å². The molecule has 122 valence electrons. The summed E-state index contributed by atoms with van der Waals surface area (Å²) in [6.45, 7) is 2.61. The zero-order valence-corrected chi connectivity index (χ0v) is 13.4. The zero-order chi connectivity index (χ0) is 15.5. The summed E-state index contributed by atoms with van der Waals surface area (Å²) < 4.78 is 9.83. The smallest absolute Gasteiger partial charge is 0.337 e. The SMILES string of the molecule is COC(=O)c1ccc(C(C)NC(=O)C2(N)CCOC2)cc1.Cl. The Balaban J connectivity index is 0.00000242. The number of ether oxygens (including phenoxy) is 2. The average molecular weight is 329 g/mol. The van der Waals surface area contributed by atoms with Gasteiger partial charge in [0.2, 0.25) is 5.91 Å². The molecule has 1 saturated heterocycles. The van der Waals surface area contributed by atoms with Crippen molar-refractivity contribution in [3.63, 3.8) is 0 Å². The summed E-state index contributed by atoms with van der Waals surface area (Å²) in [4.78, 5) is 23.5. The number of esters is 1. The van der Waals surface area contributed by atoms with Crippen LogP contribution in [-0.2, 0) is 14.3 Å². The topological polar surface area (TPSA) is 90.7 Å². The van der Waals surface area contributed by atoms with E-state index in [0.717, 1.165) is 5.56 Å². The van der Waals surface area contributed by atoms with Crippen LogP contribution in [0.5, 0.6) is 0 Å². The number of hydrogen-bond acceptors (Lipinski definition) is 5. The van der Waals surface area contributed by atoms with Crippen LogP contribution in [0.4, 0.5) is 0 Å². The summed E-state index contributed by atoms with van der Waals surface area (Å²) in [5, 5.41) is 2.88. The van der Waals surface area contributed by atoms with E-state index in [1.54, 1.807) is 24.3 Å². The molecule has 1 fully saturated rings. The average Bonchev–Trinajstić information content (AvgIpc) is 2.94. The van der Waals surface area contributed by atoms with Gasteiger partial charge in [0, 0.05) is 6.61 Å². The van der Waals surface area contributed by atoms with E-state index < -0.39 is 5.54 Å². The summed E-state index contributed by atoms with van der Waals surface area (Å²) in [5.74, 6) is -0.605. The number of amides is 1. The van der Waals surface area contributed by atoms with E-state index in [0.29, 0.717) is 18.6 Å². The minimum Gasteiger partial charge on any atom is -0.465 e. The van der Waals surface area contributed by atoms with Crippen LogP contribution in [0.15, 0.2) is 24.3 Å². The number of carbonyl (C=O) groups excluding carboxylic acids is 2. The second-order valence-corrected chi connectivity index (χ2v) is 5.27. The van der Waals surface area contributed by atoms with Gasteiger partial charge in [-0.15, -0.1) is 12.4 Å². The lowest BCUT2D eigenvalue weighted by molar-refractivity contribution is -0.127. The summed E-state index contributed by atoms with van der Waals surface area (Å²) in [6.07, 6.45) is 0.521. The number of rotatable bonds is 4. The molecule has 3 N–H and O–H groups in total. The van der Waals surface area contributed by atoms with Gasteiger partial charge in [0.15, 0.2) is 0 Å². The summed E-state index contributed by atoms with van der Waals surface area (Å²) in [7, 11) is 1.34. The number of benzene rings is 1. The molecule has 1 amide bonds. The molecule has 2 rings (SSSR count). The molecule has 0 spiro atoms. The van der Waals surface area contributed by atoms with E-state index in [-0.39, 0.29) is 36.9 Å². The summed E-state index contributed by atoms with van der Waals surface area (Å²) in [5.41, 5.74) is 6.43. The predicted octanol–water partition coefficient (Wildman–Crippen LogP) is 1.19. The van der Waals surface area contributed by atoms with Crippen molar-refractivity contribution >= 4 is 24.3 Å². The minimum atomic E-state index is -0.944. The highest BCUT2D eigenvalue weighted by atomic mass is 35.5. The first kappa shape index (κ1) is 18.4. The molecule has 2 unspecified atom stereocenters. The molecule has 0 aromatic heterocycles. The van der Waals surface area contributed by atoms with Crippen molar-refractivity contribution in [3.05, 3.63) is 35.4 Å². The quantitative estimate of drug-likeness (QED) is 0.810. The van der Waals surface area contributed by atoms with Gasteiger partial charge in [-0.3, -0.25) is 4.79 Å². The van der Waals surface area contributed by atoms with Crippen molar-refractivity contribution in [2.75, 3.05) is 20.3 Å². The molecule has 0 aliphatic carbocycles. The fourth-order valence-electron chi connectivity index (χ4n) is 2.21. The lowest BCUT2D eigenvalue weighted by Crippen LogP contribution is -2.54. The van der Waals surface area contributed by atoms with Crippen molar-refractivity contribution in [2.24, 2.45) is 5.73 Å². The van der Waals surface area contributed by atoms with Crippen LogP contribution in [0.25, 0.3) is 0 Å². The molecule has 1 aliphatic heterocycles. The Bertz CT molecular complexity index is 527. The zero-order valence-electron chi connectivity index (χ0n) is 12.6. The Morgan fingerprint density at radius 3 is 2.50 bits per heavy atom. The lowest BCUT2D eigenvalue weighted by Gasteiger charge is -2.24. The predicted molar refractivity (Wildman–Crippen MR) is 83.9 cm³/mol. The molecular formula is C15H21ClN2O4. The highest BCUT2D eigenvalue weighted by Gasteiger charge is 2.38. The van der Waals surface area contributed by atoms with E-state index in [1.807, 2.05) is 6.92 Å². The molecule has 6 nitrogen and oxygen atoms in total. The fourth-order valence-corrected chi connectivity index (χ4v) is 2.21. The highest BCUT2D eigenvalue weighted by Crippen LogP contribution is 2.19. The standard InChI is InChI=1S/C15H20N2O4.ClH/c1-10(17-14(19)15(16)7-8-21-9-15)11-3-5-12(6-4-11)13(18)20-2;/h3-6,10H,7-9,16H2,1-2H3,(H,17,19);1H. The van der Waals surface area contributed by atoms with Gasteiger partial charge < -0.3 is 20.5 Å². The number of carbonyl (C=O) groups is 2. The van der Waals surface area contributed by atoms with Gasteiger partial charge in [-0.2, -0.15) is 0 Å². The first-order valence-electron chi connectivity index (χ1n) is 6.82. The summed E-state index contributed by atoms with van der Waals surface area (Å²) in [6, 6.07) is 6.70. The van der Waals surface area contributed by atoms with Crippen LogP contribution in [0.2, 0.25) is 0 Å². The van der Waals surface area contributed by atoms with Gasteiger partial charge in [0.1, 0.15) is 5.54 Å². The van der Waals surface area contributed by atoms with Crippen LogP contribution in [0.3, 0.4) is 0 Å². The molecule has 0 radical (unpaired) electrons. The maximum atomic E-state index is 12.2. The van der Waals surface area contributed by atoms with Gasteiger partial charge in [-0.25, -0.2) is 4.79 Å². The van der Waals surface area contributed by atoms with E-state index >= 15 is 0 Å². The molecule has 1 aromatic rings. The second kappa shape index (κ2) is 7.58. The van der Waals surface area contributed by atoms with E-state index in [2.05, 4.69) is 10.1 Å². The van der Waals surface area contributed by atoms with Crippen molar-refractivity contribution in [2.45, 2.75) is 24.9 Å². The Labute approximate surface area is 135 Å². The van der Waals surface area contributed by atoms with Crippen molar-refractivity contribution in [1.82, 2.24) is 5.32 Å². The summed E-state index contributed by atoms with van der Waals surface area (Å²) >= 11 is 0. The maximum Gasteiger partial charge on any atom is 0.337 e. The molecule has 22 heavy (non-hydrogen) atoms. The van der Waals surface area contributed by atoms with Crippen molar-refractivity contribution in [1.29, 1.82) is 0 Å². The molecule has 2 atom stereocenters. The monoisotopic (exact) mass is 328 g/mol. The largest absolute Gasteiger partial charge is 0.465 e. The number of halogens is 1. The third-order valence-electron chi connectivity index (χ3n) is 3.68. The Morgan fingerprint density at radius 2 is 2.00 bits per heavy atom. The van der Waals surface area contributed by atoms with Crippen LogP contribution in [-0.4, -0.2) is 37.7 Å². The third kappa shape index (κ3) is 3.97. The number of nitrogens with two attached hydrogens (primary N) is 1. The lowest BCUT2D eigenvalue weighted by atomic mass is 9.98. The fraction of sp³-hybridized carbons (Fsp3) is 0.467. The Morgan fingerprint density at radius 1 is 1.36 bits per heavy atom. The van der Waals surface area contributed by atoms with E-state index in [9.17, 15) is 9.59 Å². The molecule has 1 aliphatic rings. The second-order valence-electron chi connectivity index (χ2n) is 5.27.